The van der Waals surface area contributed by atoms with E-state index >= 15 is 0 Å². The van der Waals surface area contributed by atoms with E-state index in [1.165, 1.54) is 11.6 Å². The molecule has 2 aromatic carbocycles. The number of rotatable bonds is 3. The molecule has 0 unspecified atom stereocenters. The number of fused-ring (bicyclic) bond motifs is 1. The summed E-state index contributed by atoms with van der Waals surface area (Å²) < 4.78 is 14.0. The summed E-state index contributed by atoms with van der Waals surface area (Å²) in [4.78, 5) is 17.4. The third-order valence-electron chi connectivity index (χ3n) is 5.79. The Morgan fingerprint density at radius 1 is 1.19 bits per heavy atom. The van der Waals surface area contributed by atoms with Gasteiger partial charge in [0.15, 0.2) is 0 Å². The lowest BCUT2D eigenvalue weighted by molar-refractivity contribution is -0.124. The number of anilines is 1. The standard InChI is InChI=1S/C22H24ClFN2O/c1-15-12-17-4-2-3-5-21(17)26(15)22(27)16-8-10-25(11-9-16)14-18-6-7-19(23)13-20(18)24/h2-7,13,15-16H,8-12,14H2,1H3/t15-/m1/s1. The Morgan fingerprint density at radius 2 is 1.93 bits per heavy atom. The van der Waals surface area contributed by atoms with Gasteiger partial charge in [-0.25, -0.2) is 4.39 Å². The Bertz CT molecular complexity index is 848. The van der Waals surface area contributed by atoms with Crippen LogP contribution in [0.25, 0.3) is 0 Å². The second kappa shape index (κ2) is 7.61. The second-order valence-electron chi connectivity index (χ2n) is 7.68. The van der Waals surface area contributed by atoms with E-state index < -0.39 is 0 Å². The Balaban J connectivity index is 1.38. The molecule has 2 aromatic rings. The molecular weight excluding hydrogens is 363 g/mol. The summed E-state index contributed by atoms with van der Waals surface area (Å²) in [6.45, 7) is 4.30. The van der Waals surface area contributed by atoms with Crippen LogP contribution in [0.4, 0.5) is 10.1 Å². The maximum Gasteiger partial charge on any atom is 0.230 e. The van der Waals surface area contributed by atoms with Gasteiger partial charge in [-0.05, 0) is 63.0 Å². The van der Waals surface area contributed by atoms with Gasteiger partial charge < -0.3 is 4.90 Å². The van der Waals surface area contributed by atoms with Crippen LogP contribution >= 0.6 is 11.6 Å². The van der Waals surface area contributed by atoms with Crippen LogP contribution in [0.2, 0.25) is 5.02 Å². The first-order chi connectivity index (χ1) is 13.0. The molecule has 1 amide bonds. The van der Waals surface area contributed by atoms with Crippen LogP contribution in [0.3, 0.4) is 0 Å². The van der Waals surface area contributed by atoms with Gasteiger partial charge in [0.25, 0.3) is 0 Å². The molecule has 0 saturated carbocycles. The normalized spacial score (nSPS) is 20.7. The van der Waals surface area contributed by atoms with E-state index in [9.17, 15) is 9.18 Å². The predicted molar refractivity (Wildman–Crippen MR) is 107 cm³/mol. The van der Waals surface area contributed by atoms with Crippen LogP contribution in [0, 0.1) is 11.7 Å². The van der Waals surface area contributed by atoms with E-state index in [1.807, 2.05) is 17.0 Å². The zero-order valence-corrected chi connectivity index (χ0v) is 16.3. The highest BCUT2D eigenvalue weighted by atomic mass is 35.5. The smallest absolute Gasteiger partial charge is 0.230 e. The fourth-order valence-electron chi connectivity index (χ4n) is 4.33. The van der Waals surface area contributed by atoms with Crippen molar-refractivity contribution in [2.24, 2.45) is 5.92 Å². The molecule has 2 heterocycles. The van der Waals surface area contributed by atoms with Gasteiger partial charge >= 0.3 is 0 Å². The third kappa shape index (κ3) is 3.74. The number of amides is 1. The lowest BCUT2D eigenvalue weighted by Gasteiger charge is -2.34. The number of carbonyl (C=O) groups is 1. The SMILES string of the molecule is C[C@@H]1Cc2ccccc2N1C(=O)C1CCN(Cc2ccc(Cl)cc2F)CC1. The summed E-state index contributed by atoms with van der Waals surface area (Å²) in [5, 5.41) is 0.417. The Kier molecular flexibility index (Phi) is 5.20. The van der Waals surface area contributed by atoms with Crippen molar-refractivity contribution >= 4 is 23.2 Å². The van der Waals surface area contributed by atoms with Gasteiger partial charge in [-0.15, -0.1) is 0 Å². The summed E-state index contributed by atoms with van der Waals surface area (Å²) in [5.41, 5.74) is 2.99. The molecule has 0 N–H and O–H groups in total. The summed E-state index contributed by atoms with van der Waals surface area (Å²) in [7, 11) is 0. The van der Waals surface area contributed by atoms with Gasteiger partial charge in [0, 0.05) is 34.8 Å². The molecule has 2 aliphatic heterocycles. The highest BCUT2D eigenvalue weighted by molar-refractivity contribution is 6.30. The summed E-state index contributed by atoms with van der Waals surface area (Å²) in [6.07, 6.45) is 2.56. The first-order valence-corrected chi connectivity index (χ1v) is 9.98. The molecular formula is C22H24ClFN2O. The van der Waals surface area contributed by atoms with Crippen molar-refractivity contribution in [2.45, 2.75) is 38.8 Å². The van der Waals surface area contributed by atoms with Crippen LogP contribution in [0.5, 0.6) is 0 Å². The highest BCUT2D eigenvalue weighted by Gasteiger charge is 2.35. The maximum atomic E-state index is 14.0. The van der Waals surface area contributed by atoms with Crippen molar-refractivity contribution in [3.05, 3.63) is 64.4 Å². The van der Waals surface area contributed by atoms with Gasteiger partial charge in [-0.3, -0.25) is 9.69 Å². The van der Waals surface area contributed by atoms with Crippen LogP contribution in [-0.4, -0.2) is 29.9 Å². The van der Waals surface area contributed by atoms with Crippen molar-refractivity contribution in [1.82, 2.24) is 4.90 Å². The van der Waals surface area contributed by atoms with E-state index in [2.05, 4.69) is 24.0 Å². The molecule has 0 aromatic heterocycles. The number of hydrogen-bond acceptors (Lipinski definition) is 2. The molecule has 1 fully saturated rings. The number of para-hydroxylation sites is 1. The van der Waals surface area contributed by atoms with Crippen LogP contribution in [-0.2, 0) is 17.8 Å². The average molecular weight is 387 g/mol. The molecule has 1 atom stereocenters. The molecule has 0 radical (unpaired) electrons. The highest BCUT2D eigenvalue weighted by Crippen LogP contribution is 2.34. The van der Waals surface area contributed by atoms with Crippen molar-refractivity contribution in [3.63, 3.8) is 0 Å². The lowest BCUT2D eigenvalue weighted by Crippen LogP contribution is -2.44. The zero-order valence-electron chi connectivity index (χ0n) is 15.5. The molecule has 5 heteroatoms. The summed E-state index contributed by atoms with van der Waals surface area (Å²) in [5.74, 6) is 0.0258. The zero-order chi connectivity index (χ0) is 19.0. The minimum atomic E-state index is -0.261. The Labute approximate surface area is 164 Å². The number of benzene rings is 2. The number of nitrogens with zero attached hydrogens (tertiary/aromatic N) is 2. The predicted octanol–water partition coefficient (Wildman–Crippen LogP) is 4.67. The first kappa shape index (κ1) is 18.5. The molecule has 2 aliphatic rings. The number of likely N-dealkylation sites (tertiary alicyclic amines) is 1. The second-order valence-corrected chi connectivity index (χ2v) is 8.11. The Hall–Kier alpha value is -1.91. The van der Waals surface area contributed by atoms with Crippen LogP contribution in [0.15, 0.2) is 42.5 Å². The van der Waals surface area contributed by atoms with Crippen molar-refractivity contribution in [2.75, 3.05) is 18.0 Å². The Morgan fingerprint density at radius 3 is 2.67 bits per heavy atom. The van der Waals surface area contributed by atoms with Crippen molar-refractivity contribution in [1.29, 1.82) is 0 Å². The summed E-state index contributed by atoms with van der Waals surface area (Å²) >= 11 is 5.83. The minimum absolute atomic E-state index is 0.0462. The molecule has 1 saturated heterocycles. The van der Waals surface area contributed by atoms with Gasteiger partial charge in [0.2, 0.25) is 5.91 Å². The van der Waals surface area contributed by atoms with Gasteiger partial charge in [0.1, 0.15) is 5.82 Å². The monoisotopic (exact) mass is 386 g/mol. The van der Waals surface area contributed by atoms with Gasteiger partial charge in [-0.2, -0.15) is 0 Å². The number of carbonyl (C=O) groups excluding carboxylic acids is 1. The molecule has 0 bridgehead atoms. The van der Waals surface area contributed by atoms with Crippen LogP contribution in [0.1, 0.15) is 30.9 Å². The van der Waals surface area contributed by atoms with E-state index in [-0.39, 0.29) is 23.7 Å². The van der Waals surface area contributed by atoms with Crippen molar-refractivity contribution in [3.8, 4) is 0 Å². The largest absolute Gasteiger partial charge is 0.309 e. The molecule has 142 valence electrons. The quantitative estimate of drug-likeness (QED) is 0.765. The van der Waals surface area contributed by atoms with E-state index in [0.717, 1.165) is 38.0 Å². The maximum absolute atomic E-state index is 14.0. The number of piperidine rings is 1. The third-order valence-corrected chi connectivity index (χ3v) is 6.03. The molecule has 27 heavy (non-hydrogen) atoms. The number of hydrogen-bond donors (Lipinski definition) is 0. The van der Waals surface area contributed by atoms with E-state index in [1.54, 1.807) is 12.1 Å². The number of halogens is 2. The first-order valence-electron chi connectivity index (χ1n) is 9.60. The van der Waals surface area contributed by atoms with E-state index in [4.69, 9.17) is 11.6 Å². The molecule has 0 spiro atoms. The fourth-order valence-corrected chi connectivity index (χ4v) is 4.49. The van der Waals surface area contributed by atoms with E-state index in [0.29, 0.717) is 17.1 Å². The molecule has 3 nitrogen and oxygen atoms in total. The fraction of sp³-hybridized carbons (Fsp3) is 0.409. The van der Waals surface area contributed by atoms with Crippen molar-refractivity contribution < 1.29 is 9.18 Å². The molecule has 0 aliphatic carbocycles. The van der Waals surface area contributed by atoms with Gasteiger partial charge in [-0.1, -0.05) is 35.9 Å². The summed E-state index contributed by atoms with van der Waals surface area (Å²) in [6, 6.07) is 13.3. The molecule has 4 rings (SSSR count). The minimum Gasteiger partial charge on any atom is -0.309 e. The van der Waals surface area contributed by atoms with Crippen LogP contribution < -0.4 is 4.90 Å². The lowest BCUT2D eigenvalue weighted by atomic mass is 9.94. The topological polar surface area (TPSA) is 23.6 Å². The van der Waals surface area contributed by atoms with Gasteiger partial charge in [0.05, 0.1) is 0 Å². The average Bonchev–Trinajstić information content (AvgIpc) is 3.00.